The van der Waals surface area contributed by atoms with Crippen molar-refractivity contribution in [2.24, 2.45) is 0 Å². The van der Waals surface area contributed by atoms with Gasteiger partial charge in [-0.3, -0.25) is 4.79 Å². The Labute approximate surface area is 104 Å². The lowest BCUT2D eigenvalue weighted by Gasteiger charge is -2.03. The normalized spacial score (nSPS) is 9.94. The summed E-state index contributed by atoms with van der Waals surface area (Å²) in [5.41, 5.74) is 0.254. The summed E-state index contributed by atoms with van der Waals surface area (Å²) in [5, 5.41) is 11.5. The topological polar surface area (TPSA) is 66.4 Å². The molecule has 0 fully saturated rings. The fraction of sp³-hybridized carbons (Fsp3) is 0.333. The van der Waals surface area contributed by atoms with Gasteiger partial charge in [0.05, 0.1) is 11.3 Å². The van der Waals surface area contributed by atoms with Crippen LogP contribution in [0.4, 0.5) is 0 Å². The lowest BCUT2D eigenvalue weighted by Crippen LogP contribution is -2.25. The molecule has 1 aromatic carbocycles. The van der Waals surface area contributed by atoms with Crippen molar-refractivity contribution in [1.82, 2.24) is 5.32 Å². The van der Waals surface area contributed by atoms with Gasteiger partial charge in [0.1, 0.15) is 0 Å². The second kappa shape index (κ2) is 6.96. The largest absolute Gasteiger partial charge is 0.478 e. The van der Waals surface area contributed by atoms with Gasteiger partial charge < -0.3 is 10.4 Å². The Morgan fingerprint density at radius 2 is 1.94 bits per heavy atom. The predicted octanol–water partition coefficient (Wildman–Crippen LogP) is 2.00. The minimum Gasteiger partial charge on any atom is -0.478 e. The standard InChI is InChI=1S/C12H15NO3S/c1-2-7-13-11(14)8-17-10-5-3-9(4-6-10)12(15)16/h3-6H,2,7-8H2,1H3,(H,13,14)(H,15,16). The Kier molecular flexibility index (Phi) is 5.56. The molecule has 0 aliphatic heterocycles. The van der Waals surface area contributed by atoms with E-state index >= 15 is 0 Å². The molecular formula is C12H15NO3S. The number of thioether (sulfide) groups is 1. The van der Waals surface area contributed by atoms with Crippen LogP contribution in [0, 0.1) is 0 Å². The fourth-order valence-corrected chi connectivity index (χ4v) is 1.89. The van der Waals surface area contributed by atoms with Crippen LogP contribution in [0.5, 0.6) is 0 Å². The van der Waals surface area contributed by atoms with Gasteiger partial charge in [0.15, 0.2) is 0 Å². The second-order valence-electron chi connectivity index (χ2n) is 3.47. The Bertz CT molecular complexity index is 389. The number of aromatic carboxylic acids is 1. The van der Waals surface area contributed by atoms with Gasteiger partial charge in [-0.15, -0.1) is 11.8 Å². The second-order valence-corrected chi connectivity index (χ2v) is 4.52. The molecule has 92 valence electrons. The maximum atomic E-state index is 11.3. The molecule has 0 aromatic heterocycles. The molecule has 1 amide bonds. The van der Waals surface area contributed by atoms with Crippen LogP contribution < -0.4 is 5.32 Å². The Morgan fingerprint density at radius 3 is 2.47 bits per heavy atom. The summed E-state index contributed by atoms with van der Waals surface area (Å²) in [6.07, 6.45) is 0.920. The third-order valence-corrected chi connectivity index (χ3v) is 3.06. The number of hydrogen-bond acceptors (Lipinski definition) is 3. The maximum Gasteiger partial charge on any atom is 0.335 e. The van der Waals surface area contributed by atoms with Crippen molar-refractivity contribution in [3.05, 3.63) is 29.8 Å². The van der Waals surface area contributed by atoms with E-state index in [0.29, 0.717) is 12.3 Å². The van der Waals surface area contributed by atoms with E-state index < -0.39 is 5.97 Å². The first-order chi connectivity index (χ1) is 8.13. The highest BCUT2D eigenvalue weighted by molar-refractivity contribution is 8.00. The molecule has 0 bridgehead atoms. The lowest BCUT2D eigenvalue weighted by atomic mass is 10.2. The van der Waals surface area contributed by atoms with Crippen molar-refractivity contribution in [3.8, 4) is 0 Å². The van der Waals surface area contributed by atoms with Gasteiger partial charge in [0.2, 0.25) is 5.91 Å². The molecule has 0 aliphatic carbocycles. The Hall–Kier alpha value is -1.49. The van der Waals surface area contributed by atoms with Crippen LogP contribution in [0.1, 0.15) is 23.7 Å². The third-order valence-electron chi connectivity index (χ3n) is 2.04. The van der Waals surface area contributed by atoms with Crippen molar-refractivity contribution < 1.29 is 14.7 Å². The number of benzene rings is 1. The first-order valence-corrected chi connectivity index (χ1v) is 6.35. The summed E-state index contributed by atoms with van der Waals surface area (Å²) >= 11 is 1.39. The zero-order valence-electron chi connectivity index (χ0n) is 9.60. The van der Waals surface area contributed by atoms with Crippen molar-refractivity contribution in [3.63, 3.8) is 0 Å². The molecule has 0 saturated carbocycles. The van der Waals surface area contributed by atoms with Crippen molar-refractivity contribution in [2.45, 2.75) is 18.2 Å². The number of carbonyl (C=O) groups is 2. The van der Waals surface area contributed by atoms with E-state index in [9.17, 15) is 9.59 Å². The van der Waals surface area contributed by atoms with Crippen LogP contribution in [0.25, 0.3) is 0 Å². The van der Waals surface area contributed by atoms with Crippen molar-refractivity contribution in [1.29, 1.82) is 0 Å². The van der Waals surface area contributed by atoms with Gasteiger partial charge >= 0.3 is 5.97 Å². The van der Waals surface area contributed by atoms with E-state index in [2.05, 4.69) is 5.32 Å². The molecule has 4 nitrogen and oxygen atoms in total. The summed E-state index contributed by atoms with van der Waals surface area (Å²) in [7, 11) is 0. The number of carboxylic acid groups (broad SMARTS) is 1. The van der Waals surface area contributed by atoms with Crippen molar-refractivity contribution >= 4 is 23.6 Å². The van der Waals surface area contributed by atoms with E-state index in [-0.39, 0.29) is 11.5 Å². The molecule has 1 aromatic rings. The van der Waals surface area contributed by atoms with Gasteiger partial charge in [-0.05, 0) is 30.7 Å². The van der Waals surface area contributed by atoms with Gasteiger partial charge in [0.25, 0.3) is 0 Å². The SMILES string of the molecule is CCCNC(=O)CSc1ccc(C(=O)O)cc1. The summed E-state index contributed by atoms with van der Waals surface area (Å²) in [4.78, 5) is 22.8. The number of amides is 1. The summed E-state index contributed by atoms with van der Waals surface area (Å²) in [6.45, 7) is 2.69. The molecule has 17 heavy (non-hydrogen) atoms. The number of rotatable bonds is 6. The number of carboxylic acids is 1. The summed E-state index contributed by atoms with van der Waals surface area (Å²) in [5.74, 6) is -0.590. The van der Waals surface area contributed by atoms with Crippen LogP contribution in [0.2, 0.25) is 0 Å². The highest BCUT2D eigenvalue weighted by Crippen LogP contribution is 2.18. The number of carbonyl (C=O) groups excluding carboxylic acids is 1. The van der Waals surface area contributed by atoms with E-state index in [1.165, 1.54) is 23.9 Å². The quantitative estimate of drug-likeness (QED) is 0.761. The van der Waals surface area contributed by atoms with E-state index in [1.54, 1.807) is 12.1 Å². The molecule has 2 N–H and O–H groups in total. The van der Waals surface area contributed by atoms with Crippen LogP contribution >= 0.6 is 11.8 Å². The Morgan fingerprint density at radius 1 is 1.29 bits per heavy atom. The lowest BCUT2D eigenvalue weighted by molar-refractivity contribution is -0.118. The maximum absolute atomic E-state index is 11.3. The first kappa shape index (κ1) is 13.6. The highest BCUT2D eigenvalue weighted by atomic mass is 32.2. The number of hydrogen-bond donors (Lipinski definition) is 2. The fourth-order valence-electron chi connectivity index (χ4n) is 1.16. The molecule has 0 heterocycles. The van der Waals surface area contributed by atoms with Gasteiger partial charge in [-0.2, -0.15) is 0 Å². The third kappa shape index (κ3) is 4.91. The molecule has 0 saturated heterocycles. The average Bonchev–Trinajstić information content (AvgIpc) is 2.34. The van der Waals surface area contributed by atoms with Crippen molar-refractivity contribution in [2.75, 3.05) is 12.3 Å². The van der Waals surface area contributed by atoms with E-state index in [4.69, 9.17) is 5.11 Å². The zero-order valence-corrected chi connectivity index (χ0v) is 10.4. The molecule has 0 radical (unpaired) electrons. The molecule has 1 rings (SSSR count). The zero-order chi connectivity index (χ0) is 12.7. The molecule has 0 atom stereocenters. The number of nitrogens with one attached hydrogen (secondary N) is 1. The predicted molar refractivity (Wildman–Crippen MR) is 67.4 cm³/mol. The average molecular weight is 253 g/mol. The van der Waals surface area contributed by atoms with Gasteiger partial charge in [-0.25, -0.2) is 4.79 Å². The molecule has 0 aliphatic rings. The van der Waals surface area contributed by atoms with Gasteiger partial charge in [0, 0.05) is 11.4 Å². The highest BCUT2D eigenvalue weighted by Gasteiger charge is 2.04. The smallest absolute Gasteiger partial charge is 0.335 e. The van der Waals surface area contributed by atoms with E-state index in [1.807, 2.05) is 6.92 Å². The molecule has 0 unspecified atom stereocenters. The summed E-state index contributed by atoms with van der Waals surface area (Å²) < 4.78 is 0. The molecule has 0 spiro atoms. The van der Waals surface area contributed by atoms with Crippen LogP contribution in [0.15, 0.2) is 29.2 Å². The monoisotopic (exact) mass is 253 g/mol. The van der Waals surface area contributed by atoms with Crippen LogP contribution in [-0.2, 0) is 4.79 Å². The molecule has 5 heteroatoms. The van der Waals surface area contributed by atoms with Crippen LogP contribution in [0.3, 0.4) is 0 Å². The minimum absolute atomic E-state index is 0.000777. The van der Waals surface area contributed by atoms with E-state index in [0.717, 1.165) is 11.3 Å². The first-order valence-electron chi connectivity index (χ1n) is 5.36. The Balaban J connectivity index is 2.42. The molecular weight excluding hydrogens is 238 g/mol. The summed E-state index contributed by atoms with van der Waals surface area (Å²) in [6, 6.07) is 6.49. The van der Waals surface area contributed by atoms with Gasteiger partial charge in [-0.1, -0.05) is 6.92 Å². The minimum atomic E-state index is -0.942. The van der Waals surface area contributed by atoms with Crippen LogP contribution in [-0.4, -0.2) is 29.3 Å².